The molecule has 0 aliphatic heterocycles. The Balaban J connectivity index is 0. The zero-order valence-electron chi connectivity index (χ0n) is 6.76. The third kappa shape index (κ3) is 15.7. The summed E-state index contributed by atoms with van der Waals surface area (Å²) in [6.45, 7) is 4.59. The molecule has 3 nitrogen and oxygen atoms in total. The van der Waals surface area contributed by atoms with Crippen LogP contribution in [-0.2, 0) is 4.79 Å². The van der Waals surface area contributed by atoms with Crippen molar-refractivity contribution in [2.24, 2.45) is 5.73 Å². The van der Waals surface area contributed by atoms with E-state index >= 15 is 0 Å². The maximum absolute atomic E-state index is 9.83. The number of hydrogen-bond acceptors (Lipinski definition) is 2. The average Bonchev–Trinajstić information content (AvgIpc) is 1.92. The van der Waals surface area contributed by atoms with Crippen LogP contribution in [0.1, 0.15) is 33.1 Å². The summed E-state index contributed by atoms with van der Waals surface area (Å²) in [5.41, 5.74) is 5.12. The van der Waals surface area contributed by atoms with Crippen molar-refractivity contribution in [1.29, 1.82) is 0 Å². The van der Waals surface area contributed by atoms with E-state index in [4.69, 9.17) is 10.8 Å². The van der Waals surface area contributed by atoms with Crippen molar-refractivity contribution < 1.29 is 9.90 Å². The largest absolute Gasteiger partial charge is 0.481 e. The number of carboxylic acids is 1. The number of nitrogens with two attached hydrogens (primary N) is 1. The quantitative estimate of drug-likeness (QED) is 0.588. The lowest BCUT2D eigenvalue weighted by Crippen LogP contribution is -2.00. The van der Waals surface area contributed by atoms with Crippen LogP contribution in [0.3, 0.4) is 0 Å². The number of hydrogen-bond donors (Lipinski definition) is 2. The third-order valence-electron chi connectivity index (χ3n) is 0.845. The molecule has 0 atom stereocenters. The third-order valence-corrected chi connectivity index (χ3v) is 0.845. The second kappa shape index (κ2) is 11.3. The lowest BCUT2D eigenvalue weighted by atomic mass is 10.2. The Kier molecular flexibility index (Phi) is 13.7. The number of aliphatic carboxylic acids is 1. The number of carboxylic acid groups (broad SMARTS) is 1. The van der Waals surface area contributed by atoms with Gasteiger partial charge in [0, 0.05) is 6.42 Å². The highest BCUT2D eigenvalue weighted by Crippen LogP contribution is 1.91. The van der Waals surface area contributed by atoms with Gasteiger partial charge in [0.1, 0.15) is 0 Å². The SMILES string of the molecule is CC.NCCCCC(=O)O. The predicted octanol–water partition coefficient (Wildman–Crippen LogP) is 1.23. The van der Waals surface area contributed by atoms with Gasteiger partial charge in [-0.25, -0.2) is 0 Å². The molecule has 0 amide bonds. The number of rotatable bonds is 4. The van der Waals surface area contributed by atoms with Gasteiger partial charge in [0.15, 0.2) is 0 Å². The minimum Gasteiger partial charge on any atom is -0.481 e. The first kappa shape index (κ1) is 12.1. The molecule has 0 aliphatic carbocycles. The lowest BCUT2D eigenvalue weighted by molar-refractivity contribution is -0.137. The lowest BCUT2D eigenvalue weighted by Gasteiger charge is -1.90. The van der Waals surface area contributed by atoms with Gasteiger partial charge in [-0.1, -0.05) is 13.8 Å². The van der Waals surface area contributed by atoms with Gasteiger partial charge in [-0.2, -0.15) is 0 Å². The number of carbonyl (C=O) groups is 1. The Hall–Kier alpha value is -0.570. The summed E-state index contributed by atoms with van der Waals surface area (Å²) in [4.78, 5) is 9.83. The van der Waals surface area contributed by atoms with E-state index < -0.39 is 5.97 Å². The Morgan fingerprint density at radius 3 is 2.20 bits per heavy atom. The van der Waals surface area contributed by atoms with Crippen LogP contribution in [-0.4, -0.2) is 17.6 Å². The smallest absolute Gasteiger partial charge is 0.303 e. The molecule has 0 radical (unpaired) electrons. The standard InChI is InChI=1S/C5H11NO2.C2H6/c6-4-2-1-3-5(7)8;1-2/h1-4,6H2,(H,7,8);1-2H3. The normalized spacial score (nSPS) is 7.90. The average molecular weight is 147 g/mol. The monoisotopic (exact) mass is 147 g/mol. The van der Waals surface area contributed by atoms with E-state index in [1.54, 1.807) is 0 Å². The second-order valence-electron chi connectivity index (χ2n) is 1.64. The molecule has 0 aliphatic rings. The Bertz CT molecular complexity index is 74.0. The molecule has 0 saturated carbocycles. The van der Waals surface area contributed by atoms with E-state index in [-0.39, 0.29) is 6.42 Å². The molecule has 10 heavy (non-hydrogen) atoms. The van der Waals surface area contributed by atoms with Gasteiger partial charge in [-0.05, 0) is 19.4 Å². The van der Waals surface area contributed by atoms with E-state index in [1.165, 1.54) is 0 Å². The summed E-state index contributed by atoms with van der Waals surface area (Å²) in [5, 5.41) is 8.10. The van der Waals surface area contributed by atoms with Crippen LogP contribution in [0.15, 0.2) is 0 Å². The highest BCUT2D eigenvalue weighted by atomic mass is 16.4. The van der Waals surface area contributed by atoms with E-state index in [0.717, 1.165) is 6.42 Å². The fourth-order valence-electron chi connectivity index (χ4n) is 0.421. The topological polar surface area (TPSA) is 63.3 Å². The maximum Gasteiger partial charge on any atom is 0.303 e. The first-order valence-electron chi connectivity index (χ1n) is 3.69. The summed E-state index contributed by atoms with van der Waals surface area (Å²) in [5.74, 6) is -0.738. The molecular formula is C7H17NO2. The van der Waals surface area contributed by atoms with Gasteiger partial charge in [-0.15, -0.1) is 0 Å². The van der Waals surface area contributed by atoms with E-state index in [0.29, 0.717) is 13.0 Å². The minimum absolute atomic E-state index is 0.247. The molecule has 0 bridgehead atoms. The van der Waals surface area contributed by atoms with Crippen molar-refractivity contribution >= 4 is 5.97 Å². The molecule has 0 unspecified atom stereocenters. The second-order valence-corrected chi connectivity index (χ2v) is 1.64. The molecule has 0 heterocycles. The van der Waals surface area contributed by atoms with Gasteiger partial charge < -0.3 is 10.8 Å². The summed E-state index contributed by atoms with van der Waals surface area (Å²) >= 11 is 0. The van der Waals surface area contributed by atoms with Gasteiger partial charge in [-0.3, -0.25) is 4.79 Å². The Morgan fingerprint density at radius 2 is 1.90 bits per heavy atom. The Labute approximate surface area is 62.2 Å². The van der Waals surface area contributed by atoms with Gasteiger partial charge in [0.25, 0.3) is 0 Å². The van der Waals surface area contributed by atoms with Gasteiger partial charge in [0.05, 0.1) is 0 Å². The van der Waals surface area contributed by atoms with Crippen LogP contribution in [0.25, 0.3) is 0 Å². The molecule has 0 spiro atoms. The van der Waals surface area contributed by atoms with Gasteiger partial charge in [0.2, 0.25) is 0 Å². The van der Waals surface area contributed by atoms with Crippen LogP contribution < -0.4 is 5.73 Å². The summed E-state index contributed by atoms with van der Waals surface area (Å²) < 4.78 is 0. The maximum atomic E-state index is 9.83. The van der Waals surface area contributed by atoms with E-state index in [2.05, 4.69) is 0 Å². The molecule has 0 fully saturated rings. The predicted molar refractivity (Wildman–Crippen MR) is 41.9 cm³/mol. The molecule has 3 N–H and O–H groups in total. The van der Waals surface area contributed by atoms with Crippen molar-refractivity contribution in [2.45, 2.75) is 33.1 Å². The molecule has 3 heteroatoms. The van der Waals surface area contributed by atoms with Crippen LogP contribution in [0, 0.1) is 0 Å². The van der Waals surface area contributed by atoms with Crippen molar-refractivity contribution in [3.63, 3.8) is 0 Å². The zero-order chi connectivity index (χ0) is 8.41. The van der Waals surface area contributed by atoms with Crippen LogP contribution >= 0.6 is 0 Å². The van der Waals surface area contributed by atoms with Crippen LogP contribution in [0.5, 0.6) is 0 Å². The van der Waals surface area contributed by atoms with E-state index in [9.17, 15) is 4.79 Å². The van der Waals surface area contributed by atoms with Crippen LogP contribution in [0.4, 0.5) is 0 Å². The summed E-state index contributed by atoms with van der Waals surface area (Å²) in [7, 11) is 0. The minimum atomic E-state index is -0.738. The molecule has 0 saturated heterocycles. The number of unbranched alkanes of at least 4 members (excludes halogenated alkanes) is 1. The fourth-order valence-corrected chi connectivity index (χ4v) is 0.421. The molecule has 0 rings (SSSR count). The van der Waals surface area contributed by atoms with Gasteiger partial charge >= 0.3 is 5.97 Å². The van der Waals surface area contributed by atoms with Crippen molar-refractivity contribution in [2.75, 3.05) is 6.54 Å². The zero-order valence-corrected chi connectivity index (χ0v) is 6.76. The molecule has 0 aromatic carbocycles. The molecule has 0 aromatic rings. The molecule has 62 valence electrons. The molecular weight excluding hydrogens is 130 g/mol. The summed E-state index contributed by atoms with van der Waals surface area (Å²) in [6, 6.07) is 0. The summed E-state index contributed by atoms with van der Waals surface area (Å²) in [6.07, 6.45) is 1.76. The highest BCUT2D eigenvalue weighted by Gasteiger charge is 1.92. The highest BCUT2D eigenvalue weighted by molar-refractivity contribution is 5.66. The van der Waals surface area contributed by atoms with Crippen molar-refractivity contribution in [3.8, 4) is 0 Å². The van der Waals surface area contributed by atoms with Crippen molar-refractivity contribution in [3.05, 3.63) is 0 Å². The fraction of sp³-hybridized carbons (Fsp3) is 0.857. The Morgan fingerprint density at radius 1 is 1.40 bits per heavy atom. The van der Waals surface area contributed by atoms with E-state index in [1.807, 2.05) is 13.8 Å². The van der Waals surface area contributed by atoms with Crippen LogP contribution in [0.2, 0.25) is 0 Å². The first-order valence-corrected chi connectivity index (χ1v) is 3.69. The van der Waals surface area contributed by atoms with Crippen molar-refractivity contribution in [1.82, 2.24) is 0 Å². The first-order chi connectivity index (χ1) is 4.77. The molecule has 0 aromatic heterocycles.